The van der Waals surface area contributed by atoms with Crippen LogP contribution in [0.15, 0.2) is 84.9 Å². The molecule has 3 heteroatoms. The first-order valence-electron chi connectivity index (χ1n) is 8.97. The Bertz CT molecular complexity index is 816. The summed E-state index contributed by atoms with van der Waals surface area (Å²) in [6, 6.07) is 28.2. The number of amides is 1. The van der Waals surface area contributed by atoms with Gasteiger partial charge in [-0.3, -0.25) is 4.79 Å². The van der Waals surface area contributed by atoms with Crippen molar-refractivity contribution in [1.29, 1.82) is 0 Å². The summed E-state index contributed by atoms with van der Waals surface area (Å²) in [6.07, 6.45) is 0.895. The SMILES string of the molecule is O=C(NCc1ccccc1)c1cccc(CCNCc2ccccc2)c1. The first kappa shape index (κ1) is 17.9. The molecular weight excluding hydrogens is 320 g/mol. The summed E-state index contributed by atoms with van der Waals surface area (Å²) in [4.78, 5) is 12.4. The maximum Gasteiger partial charge on any atom is 0.251 e. The third kappa shape index (κ3) is 5.57. The lowest BCUT2D eigenvalue weighted by Crippen LogP contribution is -2.23. The summed E-state index contributed by atoms with van der Waals surface area (Å²) in [6.45, 7) is 2.28. The highest BCUT2D eigenvalue weighted by molar-refractivity contribution is 5.94. The van der Waals surface area contributed by atoms with Gasteiger partial charge >= 0.3 is 0 Å². The molecular formula is C23H24N2O. The van der Waals surface area contributed by atoms with Gasteiger partial charge in [0.2, 0.25) is 0 Å². The fourth-order valence-corrected chi connectivity index (χ4v) is 2.81. The van der Waals surface area contributed by atoms with Crippen molar-refractivity contribution in [3.05, 3.63) is 107 Å². The van der Waals surface area contributed by atoms with Gasteiger partial charge in [-0.1, -0.05) is 72.8 Å². The smallest absolute Gasteiger partial charge is 0.251 e. The van der Waals surface area contributed by atoms with Gasteiger partial charge in [-0.2, -0.15) is 0 Å². The first-order chi connectivity index (χ1) is 12.8. The fourth-order valence-electron chi connectivity index (χ4n) is 2.81. The molecule has 1 amide bonds. The molecule has 0 unspecified atom stereocenters. The summed E-state index contributed by atoms with van der Waals surface area (Å²) in [5, 5.41) is 6.42. The molecule has 0 bridgehead atoms. The van der Waals surface area contributed by atoms with Crippen LogP contribution in [0.2, 0.25) is 0 Å². The highest BCUT2D eigenvalue weighted by Gasteiger charge is 2.06. The van der Waals surface area contributed by atoms with E-state index in [4.69, 9.17) is 0 Å². The molecule has 0 radical (unpaired) electrons. The molecule has 3 rings (SSSR count). The average molecular weight is 344 g/mol. The molecule has 132 valence electrons. The molecule has 0 aliphatic carbocycles. The average Bonchev–Trinajstić information content (AvgIpc) is 2.71. The summed E-state index contributed by atoms with van der Waals surface area (Å²) < 4.78 is 0. The fraction of sp³-hybridized carbons (Fsp3) is 0.174. The molecule has 0 aliphatic rings. The van der Waals surface area contributed by atoms with Crippen LogP contribution in [0.3, 0.4) is 0 Å². The zero-order valence-electron chi connectivity index (χ0n) is 14.8. The van der Waals surface area contributed by atoms with E-state index < -0.39 is 0 Å². The molecule has 0 spiro atoms. The Morgan fingerprint density at radius 3 is 2.00 bits per heavy atom. The van der Waals surface area contributed by atoms with Crippen molar-refractivity contribution in [2.75, 3.05) is 6.54 Å². The number of hydrogen-bond acceptors (Lipinski definition) is 2. The highest BCUT2D eigenvalue weighted by atomic mass is 16.1. The molecule has 0 fully saturated rings. The Morgan fingerprint density at radius 1 is 0.692 bits per heavy atom. The Morgan fingerprint density at radius 2 is 1.31 bits per heavy atom. The Balaban J connectivity index is 1.47. The van der Waals surface area contributed by atoms with E-state index in [1.165, 1.54) is 5.56 Å². The van der Waals surface area contributed by atoms with Crippen LogP contribution in [0.1, 0.15) is 27.0 Å². The predicted molar refractivity (Wildman–Crippen MR) is 106 cm³/mol. The maximum atomic E-state index is 12.4. The minimum absolute atomic E-state index is 0.0343. The number of nitrogens with one attached hydrogen (secondary N) is 2. The van der Waals surface area contributed by atoms with Crippen molar-refractivity contribution in [2.24, 2.45) is 0 Å². The zero-order chi connectivity index (χ0) is 18.0. The van der Waals surface area contributed by atoms with Gasteiger partial charge in [0.05, 0.1) is 0 Å². The van der Waals surface area contributed by atoms with E-state index in [0.29, 0.717) is 12.1 Å². The van der Waals surface area contributed by atoms with Crippen LogP contribution in [0.5, 0.6) is 0 Å². The van der Waals surface area contributed by atoms with E-state index >= 15 is 0 Å². The molecule has 2 N–H and O–H groups in total. The molecule has 0 aliphatic heterocycles. The highest BCUT2D eigenvalue weighted by Crippen LogP contribution is 2.07. The standard InChI is InChI=1S/C23H24N2O/c26-23(25-18-21-10-5-2-6-11-21)22-13-7-12-19(16-22)14-15-24-17-20-8-3-1-4-9-20/h1-13,16,24H,14-15,17-18H2,(H,25,26). The molecule has 26 heavy (non-hydrogen) atoms. The Kier molecular flexibility index (Phi) is 6.57. The first-order valence-corrected chi connectivity index (χ1v) is 8.97. The monoisotopic (exact) mass is 344 g/mol. The number of benzene rings is 3. The normalized spacial score (nSPS) is 10.5. The van der Waals surface area contributed by atoms with Gasteiger partial charge in [-0.05, 0) is 41.8 Å². The molecule has 3 aromatic carbocycles. The molecule has 0 saturated heterocycles. The summed E-state index contributed by atoms with van der Waals surface area (Å²) in [5.74, 6) is -0.0343. The summed E-state index contributed by atoms with van der Waals surface area (Å²) in [5.41, 5.74) is 4.25. The minimum Gasteiger partial charge on any atom is -0.348 e. The molecule has 0 aromatic heterocycles. The van der Waals surface area contributed by atoms with E-state index in [0.717, 1.165) is 30.6 Å². The molecule has 3 nitrogen and oxygen atoms in total. The lowest BCUT2D eigenvalue weighted by Gasteiger charge is -2.08. The molecule has 0 heterocycles. The Labute approximate surface area is 155 Å². The van der Waals surface area contributed by atoms with Crippen molar-refractivity contribution < 1.29 is 4.79 Å². The van der Waals surface area contributed by atoms with E-state index in [-0.39, 0.29) is 5.91 Å². The number of carbonyl (C=O) groups excluding carboxylic acids is 1. The minimum atomic E-state index is -0.0343. The van der Waals surface area contributed by atoms with Crippen molar-refractivity contribution >= 4 is 5.91 Å². The molecule has 3 aromatic rings. The van der Waals surface area contributed by atoms with Gasteiger partial charge in [-0.15, -0.1) is 0 Å². The van der Waals surface area contributed by atoms with Crippen LogP contribution in [0.25, 0.3) is 0 Å². The second kappa shape index (κ2) is 9.54. The topological polar surface area (TPSA) is 41.1 Å². The van der Waals surface area contributed by atoms with Gasteiger partial charge in [0.15, 0.2) is 0 Å². The van der Waals surface area contributed by atoms with Gasteiger partial charge in [0, 0.05) is 18.7 Å². The molecule has 0 saturated carbocycles. The maximum absolute atomic E-state index is 12.4. The Hall–Kier alpha value is -2.91. The van der Waals surface area contributed by atoms with Crippen molar-refractivity contribution in [3.8, 4) is 0 Å². The van der Waals surface area contributed by atoms with Crippen LogP contribution in [-0.4, -0.2) is 12.5 Å². The van der Waals surface area contributed by atoms with E-state index in [1.807, 2.05) is 54.6 Å². The van der Waals surface area contributed by atoms with E-state index in [9.17, 15) is 4.79 Å². The summed E-state index contributed by atoms with van der Waals surface area (Å²) in [7, 11) is 0. The van der Waals surface area contributed by atoms with E-state index in [2.05, 4.69) is 41.0 Å². The zero-order valence-corrected chi connectivity index (χ0v) is 14.8. The second-order valence-corrected chi connectivity index (χ2v) is 6.28. The van der Waals surface area contributed by atoms with Crippen LogP contribution in [-0.2, 0) is 19.5 Å². The second-order valence-electron chi connectivity index (χ2n) is 6.28. The van der Waals surface area contributed by atoms with Crippen molar-refractivity contribution in [1.82, 2.24) is 10.6 Å². The van der Waals surface area contributed by atoms with Crippen LogP contribution < -0.4 is 10.6 Å². The lowest BCUT2D eigenvalue weighted by atomic mass is 10.1. The number of rotatable bonds is 8. The third-order valence-corrected chi connectivity index (χ3v) is 4.25. The number of carbonyl (C=O) groups is 1. The van der Waals surface area contributed by atoms with Gasteiger partial charge in [0.1, 0.15) is 0 Å². The van der Waals surface area contributed by atoms with Crippen molar-refractivity contribution in [3.63, 3.8) is 0 Å². The lowest BCUT2D eigenvalue weighted by molar-refractivity contribution is 0.0951. The third-order valence-electron chi connectivity index (χ3n) is 4.25. The number of hydrogen-bond donors (Lipinski definition) is 2. The van der Waals surface area contributed by atoms with E-state index in [1.54, 1.807) is 0 Å². The van der Waals surface area contributed by atoms with Crippen LogP contribution in [0.4, 0.5) is 0 Å². The van der Waals surface area contributed by atoms with Crippen molar-refractivity contribution in [2.45, 2.75) is 19.5 Å². The van der Waals surface area contributed by atoms with Gasteiger partial charge < -0.3 is 10.6 Å². The summed E-state index contributed by atoms with van der Waals surface area (Å²) >= 11 is 0. The van der Waals surface area contributed by atoms with Gasteiger partial charge in [0.25, 0.3) is 5.91 Å². The van der Waals surface area contributed by atoms with Crippen LogP contribution >= 0.6 is 0 Å². The van der Waals surface area contributed by atoms with Gasteiger partial charge in [-0.25, -0.2) is 0 Å². The molecule has 0 atom stereocenters. The largest absolute Gasteiger partial charge is 0.348 e. The quantitative estimate of drug-likeness (QED) is 0.608. The predicted octanol–water partition coefficient (Wildman–Crippen LogP) is 3.95. The van der Waals surface area contributed by atoms with Crippen LogP contribution in [0, 0.1) is 0 Å².